The maximum absolute atomic E-state index is 8.43. The molecule has 0 spiro atoms. The van der Waals surface area contributed by atoms with Gasteiger partial charge in [0.05, 0.1) is 5.03 Å². The topological polar surface area (TPSA) is 75.8 Å². The van der Waals surface area contributed by atoms with Crippen molar-refractivity contribution in [3.05, 3.63) is 10.6 Å². The first kappa shape index (κ1) is 9.27. The van der Waals surface area contributed by atoms with Gasteiger partial charge in [0.15, 0.2) is 0 Å². The number of thiocarbonyl (C=S) groups is 1. The molecule has 0 fully saturated rings. The lowest BCUT2D eigenvalue weighted by atomic mass is 10.3. The Bertz CT molecular complexity index is 213. The smallest absolute Gasteiger partial charge is 0.117 e. The highest BCUT2D eigenvalue weighted by Crippen LogP contribution is 2.09. The van der Waals surface area contributed by atoms with Crippen LogP contribution in [0.3, 0.4) is 0 Å². The molecule has 4 N–H and O–H groups in total. The monoisotopic (exact) mass is 173 g/mol. The molecular weight excluding hydrogens is 166 g/mol. The lowest BCUT2D eigenvalue weighted by molar-refractivity contribution is 1.45. The van der Waals surface area contributed by atoms with Gasteiger partial charge in [-0.2, -0.15) is 5.26 Å². The highest BCUT2D eigenvalue weighted by molar-refractivity contribution is 8.02. The maximum atomic E-state index is 8.43. The molecule has 0 amide bonds. The summed E-state index contributed by atoms with van der Waals surface area (Å²) in [6.45, 7) is 0. The summed E-state index contributed by atoms with van der Waals surface area (Å²) in [7, 11) is 0. The van der Waals surface area contributed by atoms with Crippen molar-refractivity contribution >= 4 is 29.0 Å². The van der Waals surface area contributed by atoms with Gasteiger partial charge >= 0.3 is 0 Å². The molecule has 0 radical (unpaired) electrons. The third-order valence-corrected chi connectivity index (χ3v) is 1.67. The lowest BCUT2D eigenvalue weighted by Crippen LogP contribution is -2.14. The van der Waals surface area contributed by atoms with Crippen LogP contribution in [0.4, 0.5) is 0 Å². The molecule has 3 nitrogen and oxygen atoms in total. The minimum Gasteiger partial charge on any atom is -0.392 e. The standard InChI is InChI=1S/C5H7N3S2/c1-10-5(8)3(2-6)4(7)9/h8H2,1H3,(H2,7,9)/b5-3-. The highest BCUT2D eigenvalue weighted by Gasteiger charge is 2.03. The first-order chi connectivity index (χ1) is 4.63. The van der Waals surface area contributed by atoms with Crippen LogP contribution in [0.15, 0.2) is 10.6 Å². The highest BCUT2D eigenvalue weighted by atomic mass is 32.2. The second-order valence-electron chi connectivity index (χ2n) is 1.42. The lowest BCUT2D eigenvalue weighted by Gasteiger charge is -1.97. The van der Waals surface area contributed by atoms with Gasteiger partial charge in [-0.1, -0.05) is 12.2 Å². The Balaban J connectivity index is 4.68. The second kappa shape index (κ2) is 4.14. The van der Waals surface area contributed by atoms with Gasteiger partial charge in [-0.3, -0.25) is 0 Å². The molecule has 0 unspecified atom stereocenters. The Morgan fingerprint density at radius 3 is 2.20 bits per heavy atom. The molecule has 0 aliphatic carbocycles. The molecule has 0 saturated heterocycles. The molecule has 0 saturated carbocycles. The summed E-state index contributed by atoms with van der Waals surface area (Å²) in [5.41, 5.74) is 10.8. The molecule has 54 valence electrons. The first-order valence-corrected chi connectivity index (χ1v) is 4.00. The van der Waals surface area contributed by atoms with Gasteiger partial charge in [-0.05, 0) is 6.26 Å². The van der Waals surface area contributed by atoms with Gasteiger partial charge in [0.1, 0.15) is 16.6 Å². The third-order valence-electron chi connectivity index (χ3n) is 0.825. The van der Waals surface area contributed by atoms with Crippen LogP contribution in [0.25, 0.3) is 0 Å². The van der Waals surface area contributed by atoms with Gasteiger partial charge in [0, 0.05) is 0 Å². The molecular formula is C5H7N3S2. The molecule has 0 aliphatic heterocycles. The van der Waals surface area contributed by atoms with Crippen LogP contribution >= 0.6 is 24.0 Å². The molecule has 0 aromatic rings. The van der Waals surface area contributed by atoms with E-state index in [9.17, 15) is 0 Å². The Kier molecular flexibility index (Phi) is 3.84. The SMILES string of the molecule is CS/C(N)=C(/C#N)C(N)=S. The molecule has 0 heterocycles. The predicted octanol–water partition coefficient (Wildman–Crippen LogP) is 0.329. The minimum atomic E-state index is 0.0503. The van der Waals surface area contributed by atoms with E-state index in [0.717, 1.165) is 0 Å². The summed E-state index contributed by atoms with van der Waals surface area (Å²) in [5, 5.41) is 8.80. The van der Waals surface area contributed by atoms with E-state index in [1.54, 1.807) is 6.26 Å². The number of thioether (sulfide) groups is 1. The quantitative estimate of drug-likeness (QED) is 0.357. The van der Waals surface area contributed by atoms with Crippen molar-refractivity contribution < 1.29 is 0 Å². The van der Waals surface area contributed by atoms with E-state index in [0.29, 0.717) is 5.03 Å². The van der Waals surface area contributed by atoms with Crippen molar-refractivity contribution in [3.63, 3.8) is 0 Å². The summed E-state index contributed by atoms with van der Waals surface area (Å²) < 4.78 is 0. The number of rotatable bonds is 2. The van der Waals surface area contributed by atoms with Crippen molar-refractivity contribution in [1.29, 1.82) is 5.26 Å². The number of nitriles is 1. The van der Waals surface area contributed by atoms with E-state index >= 15 is 0 Å². The Morgan fingerprint density at radius 2 is 2.10 bits per heavy atom. The molecule has 0 aromatic carbocycles. The molecule has 0 rings (SSSR count). The van der Waals surface area contributed by atoms with Gasteiger partial charge in [0.2, 0.25) is 0 Å². The predicted molar refractivity (Wildman–Crippen MR) is 47.1 cm³/mol. The van der Waals surface area contributed by atoms with Crippen LogP contribution in [0.2, 0.25) is 0 Å². The first-order valence-electron chi connectivity index (χ1n) is 2.37. The molecule has 10 heavy (non-hydrogen) atoms. The van der Waals surface area contributed by atoms with E-state index in [4.69, 9.17) is 16.7 Å². The van der Waals surface area contributed by atoms with E-state index in [2.05, 4.69) is 12.2 Å². The molecule has 0 atom stereocenters. The van der Waals surface area contributed by atoms with Crippen LogP contribution < -0.4 is 11.5 Å². The summed E-state index contributed by atoms with van der Waals surface area (Å²) in [6, 6.07) is 1.82. The van der Waals surface area contributed by atoms with Crippen LogP contribution in [-0.4, -0.2) is 11.2 Å². The van der Waals surface area contributed by atoms with Crippen molar-refractivity contribution in [2.75, 3.05) is 6.26 Å². The zero-order chi connectivity index (χ0) is 8.15. The van der Waals surface area contributed by atoms with Crippen LogP contribution in [0, 0.1) is 11.3 Å². The van der Waals surface area contributed by atoms with E-state index in [1.165, 1.54) is 11.8 Å². The fraction of sp³-hybridized carbons (Fsp3) is 0.200. The van der Waals surface area contributed by atoms with Gasteiger partial charge in [-0.25, -0.2) is 0 Å². The zero-order valence-corrected chi connectivity index (χ0v) is 7.05. The normalized spacial score (nSPS) is 11.6. The number of nitrogens with two attached hydrogens (primary N) is 2. The van der Waals surface area contributed by atoms with Crippen molar-refractivity contribution in [2.45, 2.75) is 0 Å². The van der Waals surface area contributed by atoms with Crippen LogP contribution in [-0.2, 0) is 0 Å². The number of hydrogen-bond acceptors (Lipinski definition) is 4. The van der Waals surface area contributed by atoms with Crippen LogP contribution in [0.1, 0.15) is 0 Å². The fourth-order valence-electron chi connectivity index (χ4n) is 0.334. The van der Waals surface area contributed by atoms with Crippen molar-refractivity contribution in [2.24, 2.45) is 11.5 Å². The second-order valence-corrected chi connectivity index (χ2v) is 2.71. The number of hydrogen-bond donors (Lipinski definition) is 2. The van der Waals surface area contributed by atoms with Gasteiger partial charge < -0.3 is 11.5 Å². The number of nitrogens with zero attached hydrogens (tertiary/aromatic N) is 1. The Morgan fingerprint density at radius 1 is 1.60 bits per heavy atom. The zero-order valence-electron chi connectivity index (χ0n) is 5.42. The van der Waals surface area contributed by atoms with Gasteiger partial charge in [-0.15, -0.1) is 11.8 Å². The summed E-state index contributed by atoms with van der Waals surface area (Å²) in [5.74, 6) is 0. The van der Waals surface area contributed by atoms with E-state index in [1.807, 2.05) is 6.07 Å². The largest absolute Gasteiger partial charge is 0.392 e. The third kappa shape index (κ3) is 2.25. The minimum absolute atomic E-state index is 0.0503. The Labute approximate surface area is 69.1 Å². The fourth-order valence-corrected chi connectivity index (χ4v) is 0.914. The molecule has 0 bridgehead atoms. The summed E-state index contributed by atoms with van der Waals surface area (Å²) in [6.07, 6.45) is 1.75. The van der Waals surface area contributed by atoms with E-state index < -0.39 is 0 Å². The summed E-state index contributed by atoms with van der Waals surface area (Å²) in [4.78, 5) is 0.0503. The average Bonchev–Trinajstić information content (AvgIpc) is 1.88. The summed E-state index contributed by atoms with van der Waals surface area (Å²) >= 11 is 5.82. The van der Waals surface area contributed by atoms with Crippen molar-refractivity contribution in [3.8, 4) is 6.07 Å². The van der Waals surface area contributed by atoms with Crippen molar-refractivity contribution in [1.82, 2.24) is 0 Å². The van der Waals surface area contributed by atoms with Crippen LogP contribution in [0.5, 0.6) is 0 Å². The van der Waals surface area contributed by atoms with Gasteiger partial charge in [0.25, 0.3) is 0 Å². The molecule has 0 aliphatic rings. The molecule has 5 heteroatoms. The maximum Gasteiger partial charge on any atom is 0.117 e. The average molecular weight is 173 g/mol. The Hall–Kier alpha value is -0.730. The van der Waals surface area contributed by atoms with E-state index in [-0.39, 0.29) is 10.6 Å². The molecule has 0 aromatic heterocycles.